The van der Waals surface area contributed by atoms with Gasteiger partial charge in [0.25, 0.3) is 5.91 Å². The van der Waals surface area contributed by atoms with E-state index in [0.717, 1.165) is 19.4 Å². The molecule has 1 unspecified atom stereocenters. The van der Waals surface area contributed by atoms with Gasteiger partial charge in [0, 0.05) is 19.3 Å². The first-order chi connectivity index (χ1) is 9.65. The minimum Gasteiger partial charge on any atom is -0.451 e. The Hall–Kier alpha value is -2.02. The average molecular weight is 279 g/mol. The van der Waals surface area contributed by atoms with Crippen LogP contribution in [0.2, 0.25) is 0 Å². The van der Waals surface area contributed by atoms with Crippen LogP contribution in [0.4, 0.5) is 0 Å². The molecule has 0 aromatic carbocycles. The Balaban J connectivity index is 1.69. The molecule has 0 saturated carbocycles. The van der Waals surface area contributed by atoms with E-state index < -0.39 is 5.97 Å². The maximum Gasteiger partial charge on any atom is 0.359 e. The van der Waals surface area contributed by atoms with Crippen molar-refractivity contribution in [1.82, 2.24) is 15.3 Å². The van der Waals surface area contributed by atoms with Gasteiger partial charge in [-0.15, -0.1) is 0 Å². The third-order valence-electron chi connectivity index (χ3n) is 2.88. The fourth-order valence-electron chi connectivity index (χ4n) is 1.79. The Morgan fingerprint density at radius 1 is 1.45 bits per heavy atom. The maximum atomic E-state index is 11.6. The highest BCUT2D eigenvalue weighted by Gasteiger charge is 2.17. The normalized spacial score (nSPS) is 17.8. The van der Waals surface area contributed by atoms with Crippen molar-refractivity contribution in [2.24, 2.45) is 0 Å². The van der Waals surface area contributed by atoms with E-state index in [2.05, 4.69) is 15.3 Å². The molecule has 7 heteroatoms. The van der Waals surface area contributed by atoms with E-state index in [9.17, 15) is 9.59 Å². The van der Waals surface area contributed by atoms with Crippen LogP contribution >= 0.6 is 0 Å². The molecule has 7 nitrogen and oxygen atoms in total. The van der Waals surface area contributed by atoms with Gasteiger partial charge in [0.05, 0.1) is 18.0 Å². The van der Waals surface area contributed by atoms with Crippen molar-refractivity contribution < 1.29 is 19.1 Å². The first kappa shape index (κ1) is 14.4. The van der Waals surface area contributed by atoms with E-state index in [-0.39, 0.29) is 24.3 Å². The van der Waals surface area contributed by atoms with Crippen LogP contribution in [0.3, 0.4) is 0 Å². The van der Waals surface area contributed by atoms with Crippen molar-refractivity contribution in [3.8, 4) is 0 Å². The number of carbonyl (C=O) groups excluding carboxylic acids is 2. The van der Waals surface area contributed by atoms with Crippen molar-refractivity contribution in [3.63, 3.8) is 0 Å². The van der Waals surface area contributed by atoms with Gasteiger partial charge in [0.15, 0.2) is 12.3 Å². The Morgan fingerprint density at radius 3 is 2.95 bits per heavy atom. The van der Waals surface area contributed by atoms with Gasteiger partial charge in [-0.1, -0.05) is 0 Å². The van der Waals surface area contributed by atoms with Crippen LogP contribution in [-0.2, 0) is 14.3 Å². The van der Waals surface area contributed by atoms with Crippen molar-refractivity contribution in [1.29, 1.82) is 0 Å². The Bertz CT molecular complexity index is 469. The zero-order chi connectivity index (χ0) is 14.4. The molecule has 1 aliphatic heterocycles. The fraction of sp³-hybridized carbons (Fsp3) is 0.538. The number of carbonyl (C=O) groups is 2. The van der Waals surface area contributed by atoms with Gasteiger partial charge in [-0.25, -0.2) is 9.78 Å². The molecule has 1 aromatic heterocycles. The zero-order valence-electron chi connectivity index (χ0n) is 11.3. The van der Waals surface area contributed by atoms with Gasteiger partial charge in [0.2, 0.25) is 0 Å². The highest BCUT2D eigenvalue weighted by atomic mass is 16.5. The number of amides is 1. The topological polar surface area (TPSA) is 90.4 Å². The molecule has 0 bridgehead atoms. The summed E-state index contributed by atoms with van der Waals surface area (Å²) >= 11 is 0. The first-order valence-electron chi connectivity index (χ1n) is 6.49. The standard InChI is InChI=1S/C13H17N3O4/c1-9-5-15-11(7-14-9)13(18)20-8-12(17)16-6-10-3-2-4-19-10/h5,7,10H,2-4,6,8H2,1H3,(H,16,17). The van der Waals surface area contributed by atoms with Crippen LogP contribution < -0.4 is 5.32 Å². The molecule has 2 heterocycles. The summed E-state index contributed by atoms with van der Waals surface area (Å²) in [5.74, 6) is -1.02. The lowest BCUT2D eigenvalue weighted by atomic mass is 10.2. The van der Waals surface area contributed by atoms with Gasteiger partial charge in [-0.3, -0.25) is 9.78 Å². The second-order valence-electron chi connectivity index (χ2n) is 4.56. The molecule has 20 heavy (non-hydrogen) atoms. The third-order valence-corrected chi connectivity index (χ3v) is 2.88. The Labute approximate surface area is 116 Å². The van der Waals surface area contributed by atoms with E-state index in [0.29, 0.717) is 12.2 Å². The predicted octanol–water partition coefficient (Wildman–Crippen LogP) is 0.237. The van der Waals surface area contributed by atoms with Crippen LogP contribution in [-0.4, -0.2) is 47.7 Å². The summed E-state index contributed by atoms with van der Waals surface area (Å²) in [7, 11) is 0. The van der Waals surface area contributed by atoms with Crippen LogP contribution in [0.25, 0.3) is 0 Å². The molecule has 0 spiro atoms. The monoisotopic (exact) mass is 279 g/mol. The van der Waals surface area contributed by atoms with Crippen LogP contribution in [0.5, 0.6) is 0 Å². The largest absolute Gasteiger partial charge is 0.451 e. The van der Waals surface area contributed by atoms with Crippen molar-refractivity contribution in [2.75, 3.05) is 19.8 Å². The van der Waals surface area contributed by atoms with Crippen molar-refractivity contribution >= 4 is 11.9 Å². The first-order valence-corrected chi connectivity index (χ1v) is 6.49. The van der Waals surface area contributed by atoms with E-state index in [1.165, 1.54) is 12.4 Å². The summed E-state index contributed by atoms with van der Waals surface area (Å²) in [6.07, 6.45) is 4.81. The molecule has 1 amide bonds. The molecule has 1 atom stereocenters. The molecule has 1 saturated heterocycles. The van der Waals surface area contributed by atoms with E-state index in [1.54, 1.807) is 6.92 Å². The average Bonchev–Trinajstić information content (AvgIpc) is 2.96. The molecule has 0 radical (unpaired) electrons. The predicted molar refractivity (Wildman–Crippen MR) is 69.0 cm³/mol. The minimum absolute atomic E-state index is 0.0672. The van der Waals surface area contributed by atoms with E-state index in [1.807, 2.05) is 0 Å². The highest BCUT2D eigenvalue weighted by molar-refractivity contribution is 5.89. The second kappa shape index (κ2) is 6.95. The molecule has 108 valence electrons. The van der Waals surface area contributed by atoms with Gasteiger partial charge in [-0.05, 0) is 19.8 Å². The molecule has 1 aliphatic rings. The van der Waals surface area contributed by atoms with Crippen molar-refractivity contribution in [2.45, 2.75) is 25.9 Å². The number of nitrogens with one attached hydrogen (secondary N) is 1. The summed E-state index contributed by atoms with van der Waals surface area (Å²) in [5.41, 5.74) is 0.790. The number of nitrogens with zero attached hydrogens (tertiary/aromatic N) is 2. The SMILES string of the molecule is Cc1cnc(C(=O)OCC(=O)NCC2CCCO2)cn1. The van der Waals surface area contributed by atoms with Gasteiger partial charge in [-0.2, -0.15) is 0 Å². The minimum atomic E-state index is -0.662. The molecule has 2 rings (SSSR count). The molecular weight excluding hydrogens is 262 g/mol. The van der Waals surface area contributed by atoms with Gasteiger partial charge >= 0.3 is 5.97 Å². The zero-order valence-corrected chi connectivity index (χ0v) is 11.3. The summed E-state index contributed by atoms with van der Waals surface area (Å²) in [4.78, 5) is 30.9. The summed E-state index contributed by atoms with van der Waals surface area (Å²) in [6.45, 7) is 2.62. The number of rotatable bonds is 5. The number of aryl methyl sites for hydroxylation is 1. The molecule has 1 fully saturated rings. The maximum absolute atomic E-state index is 11.6. The molecular formula is C13H17N3O4. The lowest BCUT2D eigenvalue weighted by Gasteiger charge is -2.10. The number of hydrogen-bond donors (Lipinski definition) is 1. The fourth-order valence-corrected chi connectivity index (χ4v) is 1.79. The molecule has 1 aromatic rings. The molecule has 0 aliphatic carbocycles. The summed E-state index contributed by atoms with van der Waals surface area (Å²) in [6, 6.07) is 0. The smallest absolute Gasteiger partial charge is 0.359 e. The van der Waals surface area contributed by atoms with E-state index >= 15 is 0 Å². The van der Waals surface area contributed by atoms with Gasteiger partial charge in [0.1, 0.15) is 0 Å². The lowest BCUT2D eigenvalue weighted by Crippen LogP contribution is -2.34. The Kier molecular flexibility index (Phi) is 5.00. The van der Waals surface area contributed by atoms with E-state index in [4.69, 9.17) is 9.47 Å². The number of hydrogen-bond acceptors (Lipinski definition) is 6. The van der Waals surface area contributed by atoms with Gasteiger partial charge < -0.3 is 14.8 Å². The quantitative estimate of drug-likeness (QED) is 0.776. The summed E-state index contributed by atoms with van der Waals surface area (Å²) < 4.78 is 10.2. The van der Waals surface area contributed by atoms with Crippen LogP contribution in [0.1, 0.15) is 29.0 Å². The number of aromatic nitrogens is 2. The third kappa shape index (κ3) is 4.27. The number of ether oxygens (including phenoxy) is 2. The second-order valence-corrected chi connectivity index (χ2v) is 4.56. The highest BCUT2D eigenvalue weighted by Crippen LogP contribution is 2.10. The van der Waals surface area contributed by atoms with Crippen molar-refractivity contribution in [3.05, 3.63) is 23.8 Å². The Morgan fingerprint density at radius 2 is 2.30 bits per heavy atom. The van der Waals surface area contributed by atoms with Crippen LogP contribution in [0, 0.1) is 6.92 Å². The summed E-state index contributed by atoms with van der Waals surface area (Å²) in [5, 5.41) is 2.66. The number of esters is 1. The molecule has 1 N–H and O–H groups in total. The van der Waals surface area contributed by atoms with Crippen LogP contribution in [0.15, 0.2) is 12.4 Å². The lowest BCUT2D eigenvalue weighted by molar-refractivity contribution is -0.124.